The van der Waals surface area contributed by atoms with Gasteiger partial charge in [-0.15, -0.1) is 0 Å². The number of carbonyl (C=O) groups excluding carboxylic acids is 2. The van der Waals surface area contributed by atoms with Crippen molar-refractivity contribution < 1.29 is 9.59 Å². The van der Waals surface area contributed by atoms with Crippen molar-refractivity contribution in [3.8, 4) is 0 Å². The van der Waals surface area contributed by atoms with Gasteiger partial charge in [0.2, 0.25) is 5.91 Å². The summed E-state index contributed by atoms with van der Waals surface area (Å²) in [6.07, 6.45) is 2.16. The fourth-order valence-corrected chi connectivity index (χ4v) is 3.31. The van der Waals surface area contributed by atoms with Crippen LogP contribution in [0.4, 0.5) is 11.5 Å². The molecule has 0 saturated carbocycles. The third-order valence-electron chi connectivity index (χ3n) is 5.05. The minimum absolute atomic E-state index is 0.0626. The number of aromatic amines is 1. The molecule has 8 nitrogen and oxygen atoms in total. The summed E-state index contributed by atoms with van der Waals surface area (Å²) in [4.78, 5) is 40.1. The molecule has 0 atom stereocenters. The fourth-order valence-electron chi connectivity index (χ4n) is 3.31. The molecule has 2 N–H and O–H groups in total. The van der Waals surface area contributed by atoms with E-state index in [-0.39, 0.29) is 18.4 Å². The molecule has 0 fully saturated rings. The molecule has 3 heterocycles. The van der Waals surface area contributed by atoms with Gasteiger partial charge in [-0.05, 0) is 24.6 Å². The van der Waals surface area contributed by atoms with Crippen LogP contribution in [0.15, 0.2) is 30.5 Å². The number of fused-ring (bicyclic) bond motifs is 2. The van der Waals surface area contributed by atoms with E-state index in [0.717, 1.165) is 22.4 Å². The summed E-state index contributed by atoms with van der Waals surface area (Å²) in [6.45, 7) is 2.75. The lowest BCUT2D eigenvalue weighted by Gasteiger charge is -2.26. The number of pyridine rings is 1. The van der Waals surface area contributed by atoms with Gasteiger partial charge in [-0.25, -0.2) is 9.97 Å². The minimum Gasteiger partial charge on any atom is -0.359 e. The molecule has 0 unspecified atom stereocenters. The van der Waals surface area contributed by atoms with Crippen molar-refractivity contribution >= 4 is 34.4 Å². The van der Waals surface area contributed by atoms with Crippen LogP contribution < -0.4 is 10.2 Å². The van der Waals surface area contributed by atoms with Crippen LogP contribution in [0, 0.1) is 6.92 Å². The molecular weight excluding hydrogens is 356 g/mol. The largest absolute Gasteiger partial charge is 0.359 e. The third-order valence-corrected chi connectivity index (χ3v) is 5.05. The second-order valence-corrected chi connectivity index (χ2v) is 7.03. The number of amides is 2. The van der Waals surface area contributed by atoms with E-state index in [1.807, 2.05) is 25.1 Å². The van der Waals surface area contributed by atoms with Crippen LogP contribution in [-0.2, 0) is 11.2 Å². The highest BCUT2D eigenvalue weighted by molar-refractivity contribution is 6.03. The minimum atomic E-state index is -0.144. The van der Waals surface area contributed by atoms with Crippen LogP contribution in [0.3, 0.4) is 0 Å². The van der Waals surface area contributed by atoms with Crippen LogP contribution in [0.5, 0.6) is 0 Å². The maximum Gasteiger partial charge on any atom is 0.255 e. The highest BCUT2D eigenvalue weighted by Gasteiger charge is 2.23. The van der Waals surface area contributed by atoms with E-state index in [9.17, 15) is 9.59 Å². The molecule has 2 aromatic heterocycles. The maximum absolute atomic E-state index is 12.8. The Hall–Kier alpha value is -3.42. The van der Waals surface area contributed by atoms with E-state index in [1.54, 1.807) is 31.3 Å². The highest BCUT2D eigenvalue weighted by Crippen LogP contribution is 2.27. The maximum atomic E-state index is 12.8. The highest BCUT2D eigenvalue weighted by atomic mass is 16.2. The number of hydrogen-bond donors (Lipinski definition) is 2. The molecule has 0 saturated heterocycles. The van der Waals surface area contributed by atoms with Gasteiger partial charge in [-0.2, -0.15) is 0 Å². The number of imidazole rings is 1. The summed E-state index contributed by atoms with van der Waals surface area (Å²) in [5, 5.41) is 2.96. The first-order chi connectivity index (χ1) is 13.4. The first-order valence-corrected chi connectivity index (χ1v) is 9.14. The van der Waals surface area contributed by atoms with Crippen LogP contribution in [0.1, 0.15) is 21.7 Å². The number of rotatable bonds is 4. The Kier molecular flexibility index (Phi) is 4.46. The summed E-state index contributed by atoms with van der Waals surface area (Å²) in [5.74, 6) is 1.25. The Bertz CT molecular complexity index is 1070. The van der Waals surface area contributed by atoms with Crippen molar-refractivity contribution in [1.82, 2.24) is 19.9 Å². The zero-order valence-electron chi connectivity index (χ0n) is 16.1. The SMILES string of the molecule is Cc1cccc2[nH]c(CCN(C)C(=O)c3cnc4c(c3)N(C)C(=O)CN4)nc12. The number of aromatic nitrogens is 3. The molecule has 0 spiro atoms. The van der Waals surface area contributed by atoms with Gasteiger partial charge in [-0.1, -0.05) is 12.1 Å². The number of para-hydroxylation sites is 1. The number of likely N-dealkylation sites (N-methyl/N-ethyl adjacent to an activating group) is 2. The molecule has 0 radical (unpaired) electrons. The Morgan fingerprint density at radius 1 is 1.36 bits per heavy atom. The number of benzene rings is 1. The van der Waals surface area contributed by atoms with Gasteiger partial charge in [0.15, 0.2) is 0 Å². The molecule has 0 aliphatic carbocycles. The topological polar surface area (TPSA) is 94.2 Å². The number of nitrogens with one attached hydrogen (secondary N) is 2. The van der Waals surface area contributed by atoms with Crippen LogP contribution in [-0.4, -0.2) is 58.9 Å². The smallest absolute Gasteiger partial charge is 0.255 e. The third kappa shape index (κ3) is 3.17. The Morgan fingerprint density at radius 2 is 2.18 bits per heavy atom. The van der Waals surface area contributed by atoms with Crippen LogP contribution >= 0.6 is 0 Å². The number of hydrogen-bond acceptors (Lipinski definition) is 5. The summed E-state index contributed by atoms with van der Waals surface area (Å²) in [6, 6.07) is 7.73. The predicted molar refractivity (Wildman–Crippen MR) is 108 cm³/mol. The first-order valence-electron chi connectivity index (χ1n) is 9.14. The molecule has 0 bridgehead atoms. The second kappa shape index (κ2) is 6.95. The lowest BCUT2D eigenvalue weighted by molar-refractivity contribution is -0.116. The molecule has 1 aliphatic heterocycles. The normalized spacial score (nSPS) is 13.4. The molecule has 3 aromatic rings. The van der Waals surface area contributed by atoms with E-state index in [2.05, 4.69) is 20.3 Å². The average Bonchev–Trinajstić information content (AvgIpc) is 3.13. The van der Waals surface area contributed by atoms with Gasteiger partial charge < -0.3 is 20.1 Å². The molecule has 2 amide bonds. The Morgan fingerprint density at radius 3 is 2.96 bits per heavy atom. The average molecular weight is 378 g/mol. The van der Waals surface area contributed by atoms with E-state index in [1.165, 1.54) is 4.90 Å². The van der Waals surface area contributed by atoms with Gasteiger partial charge in [0.1, 0.15) is 11.6 Å². The molecule has 1 aliphatic rings. The summed E-state index contributed by atoms with van der Waals surface area (Å²) in [5.41, 5.74) is 4.15. The van der Waals surface area contributed by atoms with Crippen molar-refractivity contribution in [2.45, 2.75) is 13.3 Å². The van der Waals surface area contributed by atoms with Gasteiger partial charge in [0.05, 0.1) is 28.8 Å². The van der Waals surface area contributed by atoms with Gasteiger partial charge in [0, 0.05) is 33.3 Å². The van der Waals surface area contributed by atoms with E-state index >= 15 is 0 Å². The van der Waals surface area contributed by atoms with Crippen LogP contribution in [0.2, 0.25) is 0 Å². The number of H-pyrrole nitrogens is 1. The van der Waals surface area contributed by atoms with Crippen molar-refractivity contribution in [1.29, 1.82) is 0 Å². The first kappa shape index (κ1) is 18.0. The number of aryl methyl sites for hydroxylation is 1. The number of nitrogens with zero attached hydrogens (tertiary/aromatic N) is 4. The van der Waals surface area contributed by atoms with Gasteiger partial charge in [-0.3, -0.25) is 9.59 Å². The second-order valence-electron chi connectivity index (χ2n) is 7.03. The number of carbonyl (C=O) groups is 2. The molecule has 1 aromatic carbocycles. The lowest BCUT2D eigenvalue weighted by Crippen LogP contribution is -2.37. The van der Waals surface area contributed by atoms with Gasteiger partial charge >= 0.3 is 0 Å². The van der Waals surface area contributed by atoms with Gasteiger partial charge in [0.25, 0.3) is 5.91 Å². The Labute approximate surface area is 162 Å². The fraction of sp³-hybridized carbons (Fsp3) is 0.300. The summed E-state index contributed by atoms with van der Waals surface area (Å²) < 4.78 is 0. The van der Waals surface area contributed by atoms with Crippen molar-refractivity contribution in [2.24, 2.45) is 0 Å². The predicted octanol–water partition coefficient (Wildman–Crippen LogP) is 1.97. The quantitative estimate of drug-likeness (QED) is 0.724. The van der Waals surface area contributed by atoms with Crippen LogP contribution in [0.25, 0.3) is 11.0 Å². The monoisotopic (exact) mass is 378 g/mol. The zero-order valence-corrected chi connectivity index (χ0v) is 16.1. The van der Waals surface area contributed by atoms with E-state index in [4.69, 9.17) is 0 Å². The summed E-state index contributed by atoms with van der Waals surface area (Å²) in [7, 11) is 3.44. The molecule has 4 rings (SSSR count). The lowest BCUT2D eigenvalue weighted by atomic mass is 10.2. The van der Waals surface area contributed by atoms with E-state index in [0.29, 0.717) is 30.0 Å². The Balaban J connectivity index is 1.47. The summed E-state index contributed by atoms with van der Waals surface area (Å²) >= 11 is 0. The molecular formula is C20H22N6O2. The number of anilines is 2. The molecule has 28 heavy (non-hydrogen) atoms. The molecule has 144 valence electrons. The molecule has 8 heteroatoms. The zero-order chi connectivity index (χ0) is 19.8. The standard InChI is InChI=1S/C20H22N6O2/c1-12-5-4-6-14-18(12)24-16(23-14)7-8-25(2)20(28)13-9-15-19(21-10-13)22-11-17(27)26(15)3/h4-6,9-10H,7-8,11H2,1-3H3,(H,21,22)(H,23,24). The van der Waals surface area contributed by atoms with Crippen molar-refractivity contribution in [2.75, 3.05) is 37.4 Å². The van der Waals surface area contributed by atoms with Crippen molar-refractivity contribution in [3.63, 3.8) is 0 Å². The van der Waals surface area contributed by atoms with E-state index < -0.39 is 0 Å². The van der Waals surface area contributed by atoms with Crippen molar-refractivity contribution in [3.05, 3.63) is 47.4 Å².